The number of hydrogen-bond donors (Lipinski definition) is 0. The standard InChI is InChI=1S/C2H4N4O.Rb/c1-6-2(7)3-4-5-6;/h1H3,(H,3,5,7);/q;+1/p-1. The average molecular weight is 185 g/mol. The topological polar surface area (TPSA) is 61.9 Å². The molecule has 0 radical (unpaired) electrons. The van der Waals surface area contributed by atoms with Crippen LogP contribution in [0.15, 0.2) is 4.79 Å². The van der Waals surface area contributed by atoms with Gasteiger partial charge in [0.1, 0.15) is 0 Å². The Kier molecular flexibility index (Phi) is 3.96. The third-order valence-corrected chi connectivity index (χ3v) is 0.581. The predicted molar refractivity (Wildman–Crippen MR) is 20.6 cm³/mol. The molecule has 0 saturated carbocycles. The summed E-state index contributed by atoms with van der Waals surface area (Å²) in [6, 6.07) is 0. The van der Waals surface area contributed by atoms with E-state index in [1.165, 1.54) is 7.05 Å². The van der Waals surface area contributed by atoms with Gasteiger partial charge in [-0.3, -0.25) is 10.0 Å². The Balaban J connectivity index is 0.000000490. The van der Waals surface area contributed by atoms with Crippen molar-refractivity contribution in [2.24, 2.45) is 7.05 Å². The van der Waals surface area contributed by atoms with E-state index in [-0.39, 0.29) is 58.2 Å². The second kappa shape index (κ2) is 3.65. The molecular weight excluding hydrogens is 182 g/mol. The van der Waals surface area contributed by atoms with E-state index in [1.807, 2.05) is 0 Å². The van der Waals surface area contributed by atoms with E-state index in [0.717, 1.165) is 4.68 Å². The molecule has 0 aliphatic rings. The molecule has 0 fully saturated rings. The van der Waals surface area contributed by atoms with Crippen LogP contribution in [-0.4, -0.2) is 15.1 Å². The Bertz CT molecular complexity index is 202. The van der Waals surface area contributed by atoms with Gasteiger partial charge in [-0.2, -0.15) is 5.21 Å². The summed E-state index contributed by atoms with van der Waals surface area (Å²) in [4.78, 5) is 10.1. The zero-order valence-corrected chi connectivity index (χ0v) is 9.61. The maximum atomic E-state index is 10.1. The van der Waals surface area contributed by atoms with Crippen molar-refractivity contribution < 1.29 is 58.2 Å². The van der Waals surface area contributed by atoms with Crippen molar-refractivity contribution in [2.45, 2.75) is 0 Å². The molecule has 0 N–H and O–H groups in total. The van der Waals surface area contributed by atoms with Crippen molar-refractivity contribution in [3.63, 3.8) is 0 Å². The van der Waals surface area contributed by atoms with Crippen LogP contribution in [0.1, 0.15) is 0 Å². The van der Waals surface area contributed by atoms with Crippen LogP contribution >= 0.6 is 0 Å². The van der Waals surface area contributed by atoms with Gasteiger partial charge in [0.25, 0.3) is 0 Å². The first-order valence-electron chi connectivity index (χ1n) is 1.70. The van der Waals surface area contributed by atoms with E-state index in [1.54, 1.807) is 0 Å². The Morgan fingerprint density at radius 1 is 1.75 bits per heavy atom. The maximum absolute atomic E-state index is 10.1. The smallest absolute Gasteiger partial charge is 0.344 e. The monoisotopic (exact) mass is 184 g/mol. The Labute approximate surface area is 94.2 Å². The van der Waals surface area contributed by atoms with Crippen LogP contribution in [0.2, 0.25) is 0 Å². The van der Waals surface area contributed by atoms with Crippen molar-refractivity contribution in [2.75, 3.05) is 0 Å². The van der Waals surface area contributed by atoms with Crippen LogP contribution in [0, 0.1) is 0 Å². The first-order valence-corrected chi connectivity index (χ1v) is 1.70. The summed E-state index contributed by atoms with van der Waals surface area (Å²) in [6.45, 7) is 0. The van der Waals surface area contributed by atoms with Crippen LogP contribution < -0.4 is 69.0 Å². The number of aryl methyl sites for hydroxylation is 1. The van der Waals surface area contributed by atoms with E-state index in [2.05, 4.69) is 15.5 Å². The SMILES string of the molecule is Cn1nn[n-]c1=O.[Rb+]. The summed E-state index contributed by atoms with van der Waals surface area (Å²) in [5.74, 6) is 0. The second-order valence-corrected chi connectivity index (χ2v) is 1.09. The van der Waals surface area contributed by atoms with Gasteiger partial charge in [0.15, 0.2) is 0 Å². The molecule has 0 atom stereocenters. The second-order valence-electron chi connectivity index (χ2n) is 1.09. The Morgan fingerprint density at radius 3 is 2.50 bits per heavy atom. The molecule has 5 nitrogen and oxygen atoms in total. The fourth-order valence-corrected chi connectivity index (χ4v) is 0.221. The zero-order valence-electron chi connectivity index (χ0n) is 4.70. The van der Waals surface area contributed by atoms with Crippen LogP contribution in [0.3, 0.4) is 0 Å². The summed E-state index contributed by atoms with van der Waals surface area (Å²) < 4.78 is 1.06. The van der Waals surface area contributed by atoms with Gasteiger partial charge < -0.3 is 4.68 Å². The third kappa shape index (κ3) is 1.89. The molecule has 0 bridgehead atoms. The predicted octanol–water partition coefficient (Wildman–Crippen LogP) is -4.86. The molecular formula is C2H3N4ORb. The molecule has 8 heavy (non-hydrogen) atoms. The van der Waals surface area contributed by atoms with Crippen molar-refractivity contribution in [3.8, 4) is 0 Å². The summed E-state index contributed by atoms with van der Waals surface area (Å²) in [5, 5.41) is 9.39. The van der Waals surface area contributed by atoms with Crippen LogP contribution in [0.25, 0.3) is 0 Å². The van der Waals surface area contributed by atoms with Gasteiger partial charge in [0, 0.05) is 0 Å². The summed E-state index contributed by atoms with van der Waals surface area (Å²) in [6.07, 6.45) is 0. The van der Waals surface area contributed by atoms with Gasteiger partial charge in [0.2, 0.25) is 5.69 Å². The molecule has 1 heterocycles. The number of aromatic nitrogens is 4. The molecule has 38 valence electrons. The Hall–Kier alpha value is 0.675. The minimum absolute atomic E-state index is 0. The Morgan fingerprint density at radius 2 is 2.38 bits per heavy atom. The minimum atomic E-state index is -0.417. The van der Waals surface area contributed by atoms with Crippen molar-refractivity contribution in [1.29, 1.82) is 0 Å². The fourth-order valence-electron chi connectivity index (χ4n) is 0.221. The van der Waals surface area contributed by atoms with E-state index >= 15 is 0 Å². The van der Waals surface area contributed by atoms with Gasteiger partial charge in [-0.05, 0) is 7.05 Å². The molecule has 0 aromatic carbocycles. The third-order valence-electron chi connectivity index (χ3n) is 0.581. The molecule has 0 spiro atoms. The average Bonchev–Trinajstić information content (AvgIpc) is 1.91. The van der Waals surface area contributed by atoms with Crippen molar-refractivity contribution in [3.05, 3.63) is 10.5 Å². The molecule has 1 aromatic heterocycles. The zero-order chi connectivity index (χ0) is 5.28. The molecule has 0 unspecified atom stereocenters. The van der Waals surface area contributed by atoms with Gasteiger partial charge in [-0.25, -0.2) is 5.10 Å². The van der Waals surface area contributed by atoms with E-state index < -0.39 is 5.69 Å². The molecule has 0 saturated heterocycles. The van der Waals surface area contributed by atoms with Gasteiger partial charge >= 0.3 is 58.2 Å². The number of nitrogens with zero attached hydrogens (tertiary/aromatic N) is 4. The van der Waals surface area contributed by atoms with Gasteiger partial charge in [-0.1, -0.05) is 0 Å². The van der Waals surface area contributed by atoms with Crippen LogP contribution in [0.5, 0.6) is 0 Å². The summed E-state index contributed by atoms with van der Waals surface area (Å²) in [7, 11) is 1.49. The van der Waals surface area contributed by atoms with E-state index in [0.29, 0.717) is 0 Å². The molecule has 0 aliphatic heterocycles. The number of hydrogen-bond acceptors (Lipinski definition) is 3. The minimum Gasteiger partial charge on any atom is -0.344 e. The van der Waals surface area contributed by atoms with E-state index in [9.17, 15) is 4.79 Å². The molecule has 1 rings (SSSR count). The van der Waals surface area contributed by atoms with Crippen molar-refractivity contribution >= 4 is 0 Å². The molecule has 1 aromatic rings. The first kappa shape index (κ1) is 8.68. The van der Waals surface area contributed by atoms with Crippen molar-refractivity contribution in [1.82, 2.24) is 20.2 Å². The van der Waals surface area contributed by atoms with Gasteiger partial charge in [0.05, 0.1) is 0 Å². The van der Waals surface area contributed by atoms with E-state index in [4.69, 9.17) is 0 Å². The first-order chi connectivity index (χ1) is 3.30. The maximum Gasteiger partial charge on any atom is 1.00 e. The number of rotatable bonds is 0. The fraction of sp³-hybridized carbons (Fsp3) is 0.500. The molecule has 0 aliphatic carbocycles. The quantitative estimate of drug-likeness (QED) is 0.406. The molecule has 0 amide bonds. The van der Waals surface area contributed by atoms with Crippen LogP contribution in [0.4, 0.5) is 0 Å². The number of tetrazole rings is 1. The summed E-state index contributed by atoms with van der Waals surface area (Å²) in [5.41, 5.74) is -0.417. The normalized spacial score (nSPS) is 8.12. The van der Waals surface area contributed by atoms with Gasteiger partial charge in [-0.15, -0.1) is 0 Å². The van der Waals surface area contributed by atoms with Crippen LogP contribution in [-0.2, 0) is 7.05 Å². The summed E-state index contributed by atoms with van der Waals surface area (Å²) >= 11 is 0. The largest absolute Gasteiger partial charge is 1.00 e. The molecule has 6 heteroatoms.